The molecule has 0 saturated carbocycles. The van der Waals surface area contributed by atoms with E-state index < -0.39 is 0 Å². The first kappa shape index (κ1) is 22.7. The molecule has 1 unspecified atom stereocenters. The van der Waals surface area contributed by atoms with Gasteiger partial charge in [-0.25, -0.2) is 4.39 Å². The summed E-state index contributed by atoms with van der Waals surface area (Å²) in [6.45, 7) is 7.19. The SMILES string of the molecule is CCC(C)NC(=O)CN1CCN(C(=O)c2cccc(OCc3ccc(F)cc3)c2)CC1. The number of carbonyl (C=O) groups is 2. The number of ether oxygens (including phenoxy) is 1. The fraction of sp³-hybridized carbons (Fsp3) is 0.417. The first-order chi connectivity index (χ1) is 14.9. The van der Waals surface area contributed by atoms with E-state index >= 15 is 0 Å². The van der Waals surface area contributed by atoms with Crippen LogP contribution in [-0.4, -0.2) is 60.4 Å². The summed E-state index contributed by atoms with van der Waals surface area (Å²) in [6, 6.07) is 13.4. The van der Waals surface area contributed by atoms with Crippen molar-refractivity contribution in [2.24, 2.45) is 0 Å². The first-order valence-electron chi connectivity index (χ1n) is 10.7. The number of hydrogen-bond donors (Lipinski definition) is 1. The monoisotopic (exact) mass is 427 g/mol. The van der Waals surface area contributed by atoms with Crippen molar-refractivity contribution in [1.82, 2.24) is 15.1 Å². The maximum absolute atomic E-state index is 13.0. The zero-order chi connectivity index (χ0) is 22.2. The largest absolute Gasteiger partial charge is 0.489 e. The molecule has 6 nitrogen and oxygen atoms in total. The minimum Gasteiger partial charge on any atom is -0.489 e. The maximum atomic E-state index is 13.0. The van der Waals surface area contributed by atoms with Gasteiger partial charge in [0.05, 0.1) is 6.54 Å². The molecular weight excluding hydrogens is 397 g/mol. The van der Waals surface area contributed by atoms with Crippen molar-refractivity contribution in [3.8, 4) is 5.75 Å². The Bertz CT molecular complexity index is 880. The molecule has 1 atom stereocenters. The number of nitrogens with zero attached hydrogens (tertiary/aromatic N) is 2. The Morgan fingerprint density at radius 1 is 1.10 bits per heavy atom. The molecule has 166 valence electrons. The highest BCUT2D eigenvalue weighted by molar-refractivity contribution is 5.94. The zero-order valence-corrected chi connectivity index (χ0v) is 18.1. The smallest absolute Gasteiger partial charge is 0.254 e. The van der Waals surface area contributed by atoms with Gasteiger partial charge >= 0.3 is 0 Å². The van der Waals surface area contributed by atoms with E-state index in [0.717, 1.165) is 12.0 Å². The second-order valence-corrected chi connectivity index (χ2v) is 7.89. The summed E-state index contributed by atoms with van der Waals surface area (Å²) in [5.74, 6) is 0.291. The molecule has 2 aromatic rings. The van der Waals surface area contributed by atoms with Gasteiger partial charge in [0.25, 0.3) is 5.91 Å². The van der Waals surface area contributed by atoms with Crippen LogP contribution in [0.5, 0.6) is 5.75 Å². The Labute approximate surface area is 183 Å². The maximum Gasteiger partial charge on any atom is 0.254 e. The van der Waals surface area contributed by atoms with Gasteiger partial charge in [-0.3, -0.25) is 14.5 Å². The molecule has 2 aromatic carbocycles. The van der Waals surface area contributed by atoms with Crippen molar-refractivity contribution >= 4 is 11.8 Å². The van der Waals surface area contributed by atoms with E-state index in [-0.39, 0.29) is 23.7 Å². The third kappa shape index (κ3) is 6.79. The number of amides is 2. The highest BCUT2D eigenvalue weighted by atomic mass is 19.1. The molecule has 2 amide bonds. The lowest BCUT2D eigenvalue weighted by Gasteiger charge is -2.34. The Kier molecular flexibility index (Phi) is 8.00. The second-order valence-electron chi connectivity index (χ2n) is 7.89. The molecule has 0 aliphatic carbocycles. The predicted octanol–water partition coefficient (Wildman–Crippen LogP) is 3.08. The summed E-state index contributed by atoms with van der Waals surface area (Å²) in [5.41, 5.74) is 1.42. The summed E-state index contributed by atoms with van der Waals surface area (Å²) in [6.07, 6.45) is 0.903. The minimum atomic E-state index is -0.285. The molecule has 1 aliphatic heterocycles. The first-order valence-corrected chi connectivity index (χ1v) is 10.7. The predicted molar refractivity (Wildman–Crippen MR) is 117 cm³/mol. The highest BCUT2D eigenvalue weighted by Crippen LogP contribution is 2.18. The van der Waals surface area contributed by atoms with Crippen LogP contribution in [-0.2, 0) is 11.4 Å². The fourth-order valence-electron chi connectivity index (χ4n) is 3.38. The standard InChI is InChI=1S/C24H30FN3O3/c1-3-18(2)26-23(29)16-27-11-13-28(14-12-27)24(30)20-5-4-6-22(15-20)31-17-19-7-9-21(25)10-8-19/h4-10,15,18H,3,11-14,16-17H2,1-2H3,(H,26,29). The van der Waals surface area contributed by atoms with Gasteiger partial charge in [0.2, 0.25) is 5.91 Å². The van der Waals surface area contributed by atoms with E-state index in [2.05, 4.69) is 10.2 Å². The molecule has 1 heterocycles. The van der Waals surface area contributed by atoms with Crippen LogP contribution in [0.15, 0.2) is 48.5 Å². The summed E-state index contributed by atoms with van der Waals surface area (Å²) < 4.78 is 18.8. The molecule has 1 N–H and O–H groups in total. The van der Waals surface area contributed by atoms with Crippen LogP contribution in [0.25, 0.3) is 0 Å². The summed E-state index contributed by atoms with van der Waals surface area (Å²) in [5, 5.41) is 2.98. The van der Waals surface area contributed by atoms with Crippen molar-refractivity contribution in [3.05, 3.63) is 65.5 Å². The molecule has 0 aromatic heterocycles. The van der Waals surface area contributed by atoms with Gasteiger partial charge in [-0.15, -0.1) is 0 Å². The van der Waals surface area contributed by atoms with E-state index in [1.54, 1.807) is 36.4 Å². The molecule has 1 aliphatic rings. The number of benzene rings is 2. The average molecular weight is 428 g/mol. The molecule has 31 heavy (non-hydrogen) atoms. The van der Waals surface area contributed by atoms with Gasteiger partial charge in [-0.05, 0) is 49.2 Å². The number of piperazine rings is 1. The second kappa shape index (κ2) is 10.9. The van der Waals surface area contributed by atoms with Crippen LogP contribution in [0.2, 0.25) is 0 Å². The van der Waals surface area contributed by atoms with Crippen molar-refractivity contribution < 1.29 is 18.7 Å². The van der Waals surface area contributed by atoms with Crippen molar-refractivity contribution in [2.75, 3.05) is 32.7 Å². The summed E-state index contributed by atoms with van der Waals surface area (Å²) in [7, 11) is 0. The number of hydrogen-bond acceptors (Lipinski definition) is 4. The van der Waals surface area contributed by atoms with E-state index in [9.17, 15) is 14.0 Å². The number of halogens is 1. The topological polar surface area (TPSA) is 61.9 Å². The van der Waals surface area contributed by atoms with E-state index in [1.165, 1.54) is 12.1 Å². The number of rotatable bonds is 8. The molecule has 0 radical (unpaired) electrons. The van der Waals surface area contributed by atoms with Crippen molar-refractivity contribution in [3.63, 3.8) is 0 Å². The summed E-state index contributed by atoms with van der Waals surface area (Å²) >= 11 is 0. The van der Waals surface area contributed by atoms with Crippen molar-refractivity contribution in [2.45, 2.75) is 32.9 Å². The Hall–Kier alpha value is -2.93. The van der Waals surface area contributed by atoms with Crippen LogP contribution >= 0.6 is 0 Å². The molecule has 3 rings (SSSR count). The third-order valence-corrected chi connectivity index (χ3v) is 5.45. The van der Waals surface area contributed by atoms with Gasteiger partial charge in [0, 0.05) is 37.8 Å². The van der Waals surface area contributed by atoms with Gasteiger partial charge in [0.15, 0.2) is 0 Å². The van der Waals surface area contributed by atoms with Crippen LogP contribution in [0, 0.1) is 5.82 Å². The van der Waals surface area contributed by atoms with Crippen LogP contribution in [0.3, 0.4) is 0 Å². The quantitative estimate of drug-likeness (QED) is 0.703. The van der Waals surface area contributed by atoms with Crippen LogP contribution < -0.4 is 10.1 Å². The number of carbonyl (C=O) groups excluding carboxylic acids is 2. The molecule has 7 heteroatoms. The molecule has 0 spiro atoms. The summed E-state index contributed by atoms with van der Waals surface area (Å²) in [4.78, 5) is 28.9. The van der Waals surface area contributed by atoms with E-state index in [1.807, 2.05) is 18.7 Å². The molecule has 1 fully saturated rings. The third-order valence-electron chi connectivity index (χ3n) is 5.45. The lowest BCUT2D eigenvalue weighted by molar-refractivity contribution is -0.123. The Balaban J connectivity index is 1.50. The number of nitrogens with one attached hydrogen (secondary N) is 1. The van der Waals surface area contributed by atoms with Crippen LogP contribution in [0.4, 0.5) is 4.39 Å². The van der Waals surface area contributed by atoms with Crippen LogP contribution in [0.1, 0.15) is 36.2 Å². The van der Waals surface area contributed by atoms with Gasteiger partial charge in [-0.2, -0.15) is 0 Å². The van der Waals surface area contributed by atoms with E-state index in [4.69, 9.17) is 4.74 Å². The van der Waals surface area contributed by atoms with Crippen molar-refractivity contribution in [1.29, 1.82) is 0 Å². The lowest BCUT2D eigenvalue weighted by Crippen LogP contribution is -2.51. The molecule has 1 saturated heterocycles. The fourth-order valence-corrected chi connectivity index (χ4v) is 3.38. The average Bonchev–Trinajstić information content (AvgIpc) is 2.78. The van der Waals surface area contributed by atoms with Gasteiger partial charge in [-0.1, -0.05) is 25.1 Å². The molecule has 0 bridgehead atoms. The van der Waals surface area contributed by atoms with E-state index in [0.29, 0.717) is 50.6 Å². The normalized spacial score (nSPS) is 15.4. The Morgan fingerprint density at radius 2 is 1.81 bits per heavy atom. The Morgan fingerprint density at radius 3 is 2.48 bits per heavy atom. The van der Waals surface area contributed by atoms with Gasteiger partial charge < -0.3 is 15.0 Å². The lowest BCUT2D eigenvalue weighted by atomic mass is 10.1. The highest BCUT2D eigenvalue weighted by Gasteiger charge is 2.23. The molecular formula is C24H30FN3O3. The minimum absolute atomic E-state index is 0.0279. The van der Waals surface area contributed by atoms with Gasteiger partial charge in [0.1, 0.15) is 18.2 Å². The zero-order valence-electron chi connectivity index (χ0n) is 18.1.